The molecule has 0 aromatic heterocycles. The minimum atomic E-state index is 0.180. The smallest absolute Gasteiger partial charge is 0.219 e. The molecule has 4 heteroatoms. The monoisotopic (exact) mass is 249 g/mol. The first-order valence-corrected chi connectivity index (χ1v) is 5.79. The summed E-state index contributed by atoms with van der Waals surface area (Å²) in [7, 11) is 0. The van der Waals surface area contributed by atoms with E-state index in [1.807, 2.05) is 4.90 Å². The fourth-order valence-electron chi connectivity index (χ4n) is 1.55. The van der Waals surface area contributed by atoms with Gasteiger partial charge in [-0.25, -0.2) is 0 Å². The molecule has 0 radical (unpaired) electrons. The summed E-state index contributed by atoms with van der Waals surface area (Å²) in [5, 5.41) is 0.889. The van der Waals surface area contributed by atoms with Crippen molar-refractivity contribution in [3.05, 3.63) is 0 Å². The number of hydrogen-bond donors (Lipinski definition) is 0. The molecular weight excluding hydrogens is 234 g/mol. The third-order valence-corrected chi connectivity index (χ3v) is 2.64. The molecule has 1 amide bonds. The van der Waals surface area contributed by atoms with Crippen LogP contribution in [-0.2, 0) is 9.53 Å². The Balaban J connectivity index is 2.18. The van der Waals surface area contributed by atoms with E-state index < -0.39 is 0 Å². The SMILES string of the molecule is CC(=O)N1CCC(OCCBr)CC1. The Bertz CT molecular complexity index is 167. The molecule has 0 aromatic rings. The number of amides is 1. The summed E-state index contributed by atoms with van der Waals surface area (Å²) in [6.07, 6.45) is 2.31. The fraction of sp³-hybridized carbons (Fsp3) is 0.889. The first-order chi connectivity index (χ1) is 6.24. The van der Waals surface area contributed by atoms with E-state index in [2.05, 4.69) is 15.9 Å². The summed E-state index contributed by atoms with van der Waals surface area (Å²) in [4.78, 5) is 12.9. The van der Waals surface area contributed by atoms with Gasteiger partial charge in [0.1, 0.15) is 0 Å². The Kier molecular flexibility index (Phi) is 4.73. The van der Waals surface area contributed by atoms with Crippen LogP contribution in [-0.4, -0.2) is 41.9 Å². The van der Waals surface area contributed by atoms with Crippen LogP contribution in [0.2, 0.25) is 0 Å². The van der Waals surface area contributed by atoms with Gasteiger partial charge in [0.2, 0.25) is 5.91 Å². The van der Waals surface area contributed by atoms with Crippen molar-refractivity contribution in [3.8, 4) is 0 Å². The van der Waals surface area contributed by atoms with E-state index in [0.717, 1.165) is 37.9 Å². The molecular formula is C9H16BrNO2. The Labute approximate surface area is 87.6 Å². The third-order valence-electron chi connectivity index (χ3n) is 2.32. The molecule has 0 aliphatic carbocycles. The highest BCUT2D eigenvalue weighted by Crippen LogP contribution is 2.13. The molecule has 3 nitrogen and oxygen atoms in total. The van der Waals surface area contributed by atoms with Crippen LogP contribution < -0.4 is 0 Å². The zero-order chi connectivity index (χ0) is 9.68. The molecule has 0 atom stereocenters. The fourth-order valence-corrected chi connectivity index (χ4v) is 1.74. The molecule has 0 unspecified atom stereocenters. The molecule has 1 saturated heterocycles. The molecule has 1 rings (SSSR count). The van der Waals surface area contributed by atoms with Crippen molar-refractivity contribution in [1.82, 2.24) is 4.90 Å². The minimum Gasteiger partial charge on any atom is -0.377 e. The highest BCUT2D eigenvalue weighted by atomic mass is 79.9. The molecule has 0 aromatic carbocycles. The summed E-state index contributed by atoms with van der Waals surface area (Å²) in [6, 6.07) is 0. The maximum Gasteiger partial charge on any atom is 0.219 e. The molecule has 1 heterocycles. The number of hydrogen-bond acceptors (Lipinski definition) is 2. The molecule has 0 bridgehead atoms. The predicted molar refractivity (Wildman–Crippen MR) is 55.0 cm³/mol. The van der Waals surface area contributed by atoms with Crippen molar-refractivity contribution < 1.29 is 9.53 Å². The molecule has 76 valence electrons. The van der Waals surface area contributed by atoms with Gasteiger partial charge in [0.15, 0.2) is 0 Å². The zero-order valence-corrected chi connectivity index (χ0v) is 9.55. The molecule has 1 fully saturated rings. The number of alkyl halides is 1. The van der Waals surface area contributed by atoms with Crippen LogP contribution >= 0.6 is 15.9 Å². The highest BCUT2D eigenvalue weighted by molar-refractivity contribution is 9.09. The number of piperidine rings is 1. The van der Waals surface area contributed by atoms with Crippen LogP contribution in [0.25, 0.3) is 0 Å². The lowest BCUT2D eigenvalue weighted by molar-refractivity contribution is -0.131. The zero-order valence-electron chi connectivity index (χ0n) is 7.96. The van der Waals surface area contributed by atoms with Gasteiger partial charge in [0, 0.05) is 25.3 Å². The number of carbonyl (C=O) groups is 1. The van der Waals surface area contributed by atoms with Gasteiger partial charge >= 0.3 is 0 Å². The highest BCUT2D eigenvalue weighted by Gasteiger charge is 2.20. The number of ether oxygens (including phenoxy) is 1. The first kappa shape index (κ1) is 11.0. The van der Waals surface area contributed by atoms with Gasteiger partial charge in [-0.3, -0.25) is 4.79 Å². The van der Waals surface area contributed by atoms with E-state index in [1.165, 1.54) is 0 Å². The quantitative estimate of drug-likeness (QED) is 0.709. The normalized spacial score (nSPS) is 19.1. The average Bonchev–Trinajstić information content (AvgIpc) is 2.15. The van der Waals surface area contributed by atoms with Gasteiger partial charge in [-0.1, -0.05) is 15.9 Å². The van der Waals surface area contributed by atoms with E-state index in [9.17, 15) is 4.79 Å². The van der Waals surface area contributed by atoms with Crippen LogP contribution in [0.3, 0.4) is 0 Å². The maximum absolute atomic E-state index is 11.0. The summed E-state index contributed by atoms with van der Waals surface area (Å²) in [5.74, 6) is 0.180. The molecule has 1 aliphatic heterocycles. The number of likely N-dealkylation sites (tertiary alicyclic amines) is 1. The van der Waals surface area contributed by atoms with Crippen LogP contribution in [0.1, 0.15) is 19.8 Å². The maximum atomic E-state index is 11.0. The van der Waals surface area contributed by atoms with Gasteiger partial charge in [0.25, 0.3) is 0 Å². The van der Waals surface area contributed by atoms with Gasteiger partial charge in [-0.05, 0) is 12.8 Å². The van der Waals surface area contributed by atoms with Crippen molar-refractivity contribution in [2.45, 2.75) is 25.9 Å². The van der Waals surface area contributed by atoms with Crippen LogP contribution in [0.5, 0.6) is 0 Å². The van der Waals surface area contributed by atoms with Crippen LogP contribution in [0.15, 0.2) is 0 Å². The molecule has 13 heavy (non-hydrogen) atoms. The Morgan fingerprint density at radius 3 is 2.62 bits per heavy atom. The van der Waals surface area contributed by atoms with E-state index in [1.54, 1.807) is 6.92 Å². The lowest BCUT2D eigenvalue weighted by atomic mass is 10.1. The second kappa shape index (κ2) is 5.60. The van der Waals surface area contributed by atoms with Crippen molar-refractivity contribution in [1.29, 1.82) is 0 Å². The predicted octanol–water partition coefficient (Wildman–Crippen LogP) is 1.41. The summed E-state index contributed by atoms with van der Waals surface area (Å²) < 4.78 is 5.58. The summed E-state index contributed by atoms with van der Waals surface area (Å²) in [6.45, 7) is 4.09. The average molecular weight is 250 g/mol. The topological polar surface area (TPSA) is 29.5 Å². The van der Waals surface area contributed by atoms with E-state index in [4.69, 9.17) is 4.74 Å². The van der Waals surface area contributed by atoms with Crippen molar-refractivity contribution >= 4 is 21.8 Å². The summed E-state index contributed by atoms with van der Waals surface area (Å²) in [5.41, 5.74) is 0. The van der Waals surface area contributed by atoms with E-state index >= 15 is 0 Å². The minimum absolute atomic E-state index is 0.180. The van der Waals surface area contributed by atoms with Gasteiger partial charge in [0.05, 0.1) is 12.7 Å². The Hall–Kier alpha value is -0.0900. The number of carbonyl (C=O) groups excluding carboxylic acids is 1. The van der Waals surface area contributed by atoms with Crippen molar-refractivity contribution in [2.24, 2.45) is 0 Å². The number of nitrogens with zero attached hydrogens (tertiary/aromatic N) is 1. The van der Waals surface area contributed by atoms with Crippen LogP contribution in [0, 0.1) is 0 Å². The first-order valence-electron chi connectivity index (χ1n) is 4.67. The Morgan fingerprint density at radius 1 is 1.54 bits per heavy atom. The third kappa shape index (κ3) is 3.65. The lowest BCUT2D eigenvalue weighted by Gasteiger charge is -2.31. The number of halogens is 1. The van der Waals surface area contributed by atoms with Gasteiger partial charge < -0.3 is 9.64 Å². The number of rotatable bonds is 3. The standard InChI is InChI=1S/C9H16BrNO2/c1-8(12)11-5-2-9(3-6-11)13-7-4-10/h9H,2-7H2,1H3. The molecule has 0 saturated carbocycles. The van der Waals surface area contributed by atoms with Gasteiger partial charge in [-0.15, -0.1) is 0 Å². The van der Waals surface area contributed by atoms with Crippen LogP contribution in [0.4, 0.5) is 0 Å². The molecule has 0 N–H and O–H groups in total. The second-order valence-electron chi connectivity index (χ2n) is 3.27. The molecule has 0 spiro atoms. The summed E-state index contributed by atoms with van der Waals surface area (Å²) >= 11 is 3.32. The van der Waals surface area contributed by atoms with Crippen molar-refractivity contribution in [3.63, 3.8) is 0 Å². The Morgan fingerprint density at radius 2 is 2.15 bits per heavy atom. The lowest BCUT2D eigenvalue weighted by Crippen LogP contribution is -2.39. The van der Waals surface area contributed by atoms with Gasteiger partial charge in [-0.2, -0.15) is 0 Å². The second-order valence-corrected chi connectivity index (χ2v) is 4.06. The van der Waals surface area contributed by atoms with Crippen molar-refractivity contribution in [2.75, 3.05) is 25.0 Å². The van der Waals surface area contributed by atoms with E-state index in [-0.39, 0.29) is 5.91 Å². The molecule has 1 aliphatic rings. The largest absolute Gasteiger partial charge is 0.377 e. The van der Waals surface area contributed by atoms with E-state index in [0.29, 0.717) is 6.10 Å².